The number of hydrogen-bond donors (Lipinski definition) is 3. The lowest BCUT2D eigenvalue weighted by atomic mass is 9.84. The zero-order valence-electron chi connectivity index (χ0n) is 6.34. The lowest BCUT2D eigenvalue weighted by Crippen LogP contribution is -2.46. The molecule has 64 valence electrons. The van der Waals surface area contributed by atoms with Crippen molar-refractivity contribution in [1.82, 2.24) is 5.48 Å². The number of hydrogen-bond acceptors (Lipinski definition) is 3. The Hall–Kier alpha value is -0.610. The Kier molecular flexibility index (Phi) is 2.46. The van der Waals surface area contributed by atoms with E-state index in [0.29, 0.717) is 12.8 Å². The van der Waals surface area contributed by atoms with Gasteiger partial charge in [-0.25, -0.2) is 5.48 Å². The molecule has 1 aliphatic rings. The fourth-order valence-electron chi connectivity index (χ4n) is 1.47. The number of aliphatic hydroxyl groups is 1. The molecule has 0 saturated heterocycles. The summed E-state index contributed by atoms with van der Waals surface area (Å²) in [5, 5.41) is 17.9. The van der Waals surface area contributed by atoms with Gasteiger partial charge in [-0.1, -0.05) is 19.3 Å². The summed E-state index contributed by atoms with van der Waals surface area (Å²) in [7, 11) is 0. The van der Waals surface area contributed by atoms with Crippen LogP contribution in [0.25, 0.3) is 0 Å². The van der Waals surface area contributed by atoms with Crippen molar-refractivity contribution in [3.8, 4) is 0 Å². The highest BCUT2D eigenvalue weighted by Gasteiger charge is 2.36. The fourth-order valence-corrected chi connectivity index (χ4v) is 1.47. The highest BCUT2D eigenvalue weighted by molar-refractivity contribution is 5.83. The van der Waals surface area contributed by atoms with Gasteiger partial charge in [-0.05, 0) is 12.8 Å². The molecule has 0 heterocycles. The molecule has 4 nitrogen and oxygen atoms in total. The van der Waals surface area contributed by atoms with Crippen LogP contribution < -0.4 is 5.48 Å². The van der Waals surface area contributed by atoms with E-state index in [9.17, 15) is 9.90 Å². The molecule has 3 N–H and O–H groups in total. The van der Waals surface area contributed by atoms with E-state index in [1.54, 1.807) is 0 Å². The Morgan fingerprint density at radius 2 is 1.82 bits per heavy atom. The predicted molar refractivity (Wildman–Crippen MR) is 38.0 cm³/mol. The summed E-state index contributed by atoms with van der Waals surface area (Å²) in [6.07, 6.45) is 3.67. The van der Waals surface area contributed by atoms with E-state index in [1.807, 2.05) is 0 Å². The molecule has 11 heavy (non-hydrogen) atoms. The third-order valence-corrected chi connectivity index (χ3v) is 2.20. The van der Waals surface area contributed by atoms with Crippen molar-refractivity contribution in [1.29, 1.82) is 0 Å². The van der Waals surface area contributed by atoms with E-state index in [0.717, 1.165) is 19.3 Å². The average Bonchev–Trinajstić information content (AvgIpc) is 2.04. The van der Waals surface area contributed by atoms with Crippen LogP contribution in [0.15, 0.2) is 0 Å². The molecule has 0 unspecified atom stereocenters. The van der Waals surface area contributed by atoms with Gasteiger partial charge >= 0.3 is 0 Å². The number of rotatable bonds is 1. The number of hydroxylamine groups is 1. The Morgan fingerprint density at radius 3 is 2.27 bits per heavy atom. The largest absolute Gasteiger partial charge is 0.380 e. The molecule has 0 aliphatic heterocycles. The number of amides is 1. The molecule has 1 amide bonds. The zero-order valence-corrected chi connectivity index (χ0v) is 6.34. The summed E-state index contributed by atoms with van der Waals surface area (Å²) >= 11 is 0. The highest BCUT2D eigenvalue weighted by atomic mass is 16.5. The highest BCUT2D eigenvalue weighted by Crippen LogP contribution is 2.27. The van der Waals surface area contributed by atoms with Crippen LogP contribution in [0.2, 0.25) is 0 Å². The number of nitrogens with one attached hydrogen (secondary N) is 1. The quantitative estimate of drug-likeness (QED) is 0.378. The molecule has 0 bridgehead atoms. The van der Waals surface area contributed by atoms with E-state index in [-0.39, 0.29) is 0 Å². The standard InChI is InChI=1S/C7H13NO3/c9-6(8-11)7(10)4-2-1-3-5-7/h10-11H,1-5H2,(H,8,9). The first-order chi connectivity index (χ1) is 5.19. The molecular weight excluding hydrogens is 146 g/mol. The summed E-state index contributed by atoms with van der Waals surface area (Å²) in [5.41, 5.74) is 0.174. The molecule has 1 fully saturated rings. The van der Waals surface area contributed by atoms with Crippen LogP contribution in [0.4, 0.5) is 0 Å². The Bertz CT molecular complexity index is 152. The topological polar surface area (TPSA) is 69.6 Å². The Morgan fingerprint density at radius 1 is 1.27 bits per heavy atom. The van der Waals surface area contributed by atoms with E-state index >= 15 is 0 Å². The maximum absolute atomic E-state index is 10.9. The van der Waals surface area contributed by atoms with Crippen molar-refractivity contribution < 1.29 is 15.1 Å². The molecule has 0 radical (unpaired) electrons. The predicted octanol–water partition coefficient (Wildman–Crippen LogP) is 0.187. The van der Waals surface area contributed by atoms with Crippen molar-refractivity contribution in [3.63, 3.8) is 0 Å². The van der Waals surface area contributed by atoms with Crippen LogP contribution in [0.3, 0.4) is 0 Å². The molecule has 4 heteroatoms. The lowest BCUT2D eigenvalue weighted by Gasteiger charge is -2.29. The molecule has 0 aromatic heterocycles. The van der Waals surface area contributed by atoms with Gasteiger partial charge < -0.3 is 5.11 Å². The molecular formula is C7H13NO3. The smallest absolute Gasteiger partial charge is 0.275 e. The first-order valence-electron chi connectivity index (χ1n) is 3.86. The van der Waals surface area contributed by atoms with Gasteiger partial charge in [0.05, 0.1) is 0 Å². The monoisotopic (exact) mass is 159 g/mol. The second-order valence-corrected chi connectivity index (χ2v) is 3.03. The van der Waals surface area contributed by atoms with Crippen LogP contribution in [-0.4, -0.2) is 21.8 Å². The maximum Gasteiger partial charge on any atom is 0.275 e. The molecule has 0 atom stereocenters. The van der Waals surface area contributed by atoms with E-state index in [2.05, 4.69) is 0 Å². The second-order valence-electron chi connectivity index (χ2n) is 3.03. The molecule has 0 aromatic carbocycles. The first-order valence-corrected chi connectivity index (χ1v) is 3.86. The SMILES string of the molecule is O=C(NO)C1(O)CCCCC1. The van der Waals surface area contributed by atoms with E-state index in [4.69, 9.17) is 5.21 Å². The summed E-state index contributed by atoms with van der Waals surface area (Å²) in [5.74, 6) is -0.669. The summed E-state index contributed by atoms with van der Waals surface area (Å²) in [6, 6.07) is 0. The molecule has 0 spiro atoms. The van der Waals surface area contributed by atoms with Crippen molar-refractivity contribution >= 4 is 5.91 Å². The van der Waals surface area contributed by atoms with Crippen LogP contribution in [0.5, 0.6) is 0 Å². The minimum atomic E-state index is -1.31. The van der Waals surface area contributed by atoms with Gasteiger partial charge in [-0.3, -0.25) is 10.0 Å². The van der Waals surface area contributed by atoms with Crippen LogP contribution in [0.1, 0.15) is 32.1 Å². The molecule has 1 aliphatic carbocycles. The third-order valence-electron chi connectivity index (χ3n) is 2.20. The summed E-state index contributed by atoms with van der Waals surface area (Å²) in [4.78, 5) is 10.9. The second kappa shape index (κ2) is 3.19. The van der Waals surface area contributed by atoms with Crippen LogP contribution in [0, 0.1) is 0 Å². The van der Waals surface area contributed by atoms with Gasteiger partial charge in [0.1, 0.15) is 5.60 Å². The number of carbonyl (C=O) groups is 1. The van der Waals surface area contributed by atoms with Crippen LogP contribution in [-0.2, 0) is 4.79 Å². The minimum Gasteiger partial charge on any atom is -0.380 e. The fraction of sp³-hybridized carbons (Fsp3) is 0.857. The molecule has 1 rings (SSSR count). The van der Waals surface area contributed by atoms with Gasteiger partial charge in [0, 0.05) is 0 Å². The van der Waals surface area contributed by atoms with Gasteiger partial charge in [0.25, 0.3) is 5.91 Å². The van der Waals surface area contributed by atoms with Gasteiger partial charge in [-0.15, -0.1) is 0 Å². The normalized spacial score (nSPS) is 22.7. The summed E-state index contributed by atoms with van der Waals surface area (Å²) in [6.45, 7) is 0. The summed E-state index contributed by atoms with van der Waals surface area (Å²) < 4.78 is 0. The van der Waals surface area contributed by atoms with Crippen LogP contribution >= 0.6 is 0 Å². The Balaban J connectivity index is 2.56. The van der Waals surface area contributed by atoms with Crippen molar-refractivity contribution in [2.24, 2.45) is 0 Å². The lowest BCUT2D eigenvalue weighted by molar-refractivity contribution is -0.152. The minimum absolute atomic E-state index is 0.458. The molecule has 1 saturated carbocycles. The molecule has 0 aromatic rings. The number of carbonyl (C=O) groups excluding carboxylic acids is 1. The average molecular weight is 159 g/mol. The maximum atomic E-state index is 10.9. The zero-order chi connectivity index (χ0) is 8.32. The van der Waals surface area contributed by atoms with Gasteiger partial charge in [-0.2, -0.15) is 0 Å². The van der Waals surface area contributed by atoms with Crippen molar-refractivity contribution in [2.45, 2.75) is 37.7 Å². The van der Waals surface area contributed by atoms with Gasteiger partial charge in [0.15, 0.2) is 0 Å². The van der Waals surface area contributed by atoms with Crippen molar-refractivity contribution in [2.75, 3.05) is 0 Å². The van der Waals surface area contributed by atoms with Gasteiger partial charge in [0.2, 0.25) is 0 Å². The third kappa shape index (κ3) is 1.70. The van der Waals surface area contributed by atoms with E-state index < -0.39 is 11.5 Å². The first kappa shape index (κ1) is 8.49. The van der Waals surface area contributed by atoms with E-state index in [1.165, 1.54) is 5.48 Å². The Labute approximate surface area is 65.2 Å². The van der Waals surface area contributed by atoms with Crippen molar-refractivity contribution in [3.05, 3.63) is 0 Å².